The van der Waals surface area contributed by atoms with Crippen molar-refractivity contribution in [3.63, 3.8) is 0 Å². The van der Waals surface area contributed by atoms with Crippen molar-refractivity contribution >= 4 is 15.9 Å². The number of amides is 1. The number of sulfonamides is 1. The molecule has 3 rings (SSSR count). The molecular formula is C14H15FN4O5S. The molecule has 0 aliphatic carbocycles. The van der Waals surface area contributed by atoms with Crippen LogP contribution in [0.15, 0.2) is 27.6 Å². The average molecular weight is 370 g/mol. The van der Waals surface area contributed by atoms with E-state index in [-0.39, 0.29) is 23.4 Å². The predicted molar refractivity (Wildman–Crippen MR) is 81.2 cm³/mol. The molecule has 0 bridgehead atoms. The molecule has 3 N–H and O–H groups in total. The van der Waals surface area contributed by atoms with Crippen molar-refractivity contribution in [1.82, 2.24) is 15.5 Å². The molecular weight excluding hydrogens is 355 g/mol. The van der Waals surface area contributed by atoms with Crippen LogP contribution in [-0.2, 0) is 21.3 Å². The Balaban J connectivity index is 1.68. The van der Waals surface area contributed by atoms with E-state index in [1.807, 2.05) is 0 Å². The van der Waals surface area contributed by atoms with Crippen LogP contribution in [-0.4, -0.2) is 31.1 Å². The Bertz CT molecular complexity index is 892. The van der Waals surface area contributed by atoms with E-state index in [0.29, 0.717) is 12.5 Å². The van der Waals surface area contributed by atoms with Crippen LogP contribution in [0, 0.1) is 5.82 Å². The highest BCUT2D eigenvalue weighted by atomic mass is 32.2. The fourth-order valence-electron chi connectivity index (χ4n) is 2.35. The van der Waals surface area contributed by atoms with Gasteiger partial charge in [0.05, 0.1) is 17.0 Å². The maximum atomic E-state index is 13.8. The highest BCUT2D eigenvalue weighted by Crippen LogP contribution is 2.26. The zero-order valence-corrected chi connectivity index (χ0v) is 13.8. The monoisotopic (exact) mass is 370 g/mol. The summed E-state index contributed by atoms with van der Waals surface area (Å²) in [6.07, 6.45) is 1.43. The molecule has 1 aromatic heterocycles. The topological polar surface area (TPSA) is 137 Å². The van der Waals surface area contributed by atoms with Crippen molar-refractivity contribution in [3.8, 4) is 0 Å². The largest absolute Gasteiger partial charge is 0.368 e. The summed E-state index contributed by atoms with van der Waals surface area (Å²) in [5, 5.41) is 11.1. The fraction of sp³-hybridized carbons (Fsp3) is 0.357. The Labute approximate surface area is 142 Å². The molecule has 1 aromatic carbocycles. The quantitative estimate of drug-likeness (QED) is 0.787. The second-order valence-corrected chi connectivity index (χ2v) is 6.98. The lowest BCUT2D eigenvalue weighted by Crippen LogP contribution is -2.25. The minimum atomic E-state index is -4.05. The van der Waals surface area contributed by atoms with Crippen LogP contribution < -0.4 is 10.5 Å². The molecule has 2 aromatic rings. The van der Waals surface area contributed by atoms with Gasteiger partial charge in [0, 0.05) is 6.61 Å². The number of benzene rings is 1. The normalized spacial score (nSPS) is 17.6. The Morgan fingerprint density at radius 3 is 2.92 bits per heavy atom. The van der Waals surface area contributed by atoms with Gasteiger partial charge in [0.15, 0.2) is 5.82 Å². The van der Waals surface area contributed by atoms with E-state index < -0.39 is 27.3 Å². The average Bonchev–Trinajstić information content (AvgIpc) is 3.23. The van der Waals surface area contributed by atoms with Gasteiger partial charge in [-0.25, -0.2) is 17.9 Å². The number of carbonyl (C=O) groups excluding carboxylic acids is 1. The van der Waals surface area contributed by atoms with Gasteiger partial charge in [-0.1, -0.05) is 5.16 Å². The molecule has 0 spiro atoms. The lowest BCUT2D eigenvalue weighted by Gasteiger charge is -2.06. The first-order valence-electron chi connectivity index (χ1n) is 7.39. The molecule has 0 radical (unpaired) electrons. The zero-order valence-electron chi connectivity index (χ0n) is 12.9. The number of hydrogen-bond acceptors (Lipinski definition) is 7. The second-order valence-electron chi connectivity index (χ2n) is 5.42. The van der Waals surface area contributed by atoms with Gasteiger partial charge in [0.1, 0.15) is 11.9 Å². The summed E-state index contributed by atoms with van der Waals surface area (Å²) in [6, 6.07) is 2.71. The number of aromatic nitrogens is 2. The van der Waals surface area contributed by atoms with E-state index >= 15 is 0 Å². The van der Waals surface area contributed by atoms with Crippen molar-refractivity contribution in [2.24, 2.45) is 5.14 Å². The SMILES string of the molecule is NS(=O)(=O)c1ccc(F)c(C(=O)NCc2noc([C@@H]3CCCO3)n2)c1. The third kappa shape index (κ3) is 4.00. The van der Waals surface area contributed by atoms with E-state index in [1.54, 1.807) is 0 Å². The molecule has 11 heteroatoms. The van der Waals surface area contributed by atoms with Crippen molar-refractivity contribution < 1.29 is 26.9 Å². The number of primary sulfonamides is 1. The van der Waals surface area contributed by atoms with Crippen LogP contribution in [0.1, 0.15) is 41.0 Å². The Kier molecular flexibility index (Phi) is 4.79. The third-order valence-electron chi connectivity index (χ3n) is 3.61. The van der Waals surface area contributed by atoms with Crippen LogP contribution in [0.3, 0.4) is 0 Å². The lowest BCUT2D eigenvalue weighted by atomic mass is 10.2. The Morgan fingerprint density at radius 2 is 2.24 bits per heavy atom. The molecule has 25 heavy (non-hydrogen) atoms. The van der Waals surface area contributed by atoms with Crippen molar-refractivity contribution in [1.29, 1.82) is 0 Å². The van der Waals surface area contributed by atoms with E-state index in [2.05, 4.69) is 15.5 Å². The Morgan fingerprint density at radius 1 is 1.44 bits per heavy atom. The smallest absolute Gasteiger partial charge is 0.255 e. The van der Waals surface area contributed by atoms with E-state index in [0.717, 1.165) is 31.0 Å². The maximum Gasteiger partial charge on any atom is 0.255 e. The highest BCUT2D eigenvalue weighted by Gasteiger charge is 2.24. The summed E-state index contributed by atoms with van der Waals surface area (Å²) in [5.41, 5.74) is -0.450. The second kappa shape index (κ2) is 6.86. The maximum absolute atomic E-state index is 13.8. The standard InChI is InChI=1S/C14H15FN4O5S/c15-10-4-3-8(25(16,21)22)6-9(10)13(20)17-7-12-18-14(24-19-12)11-2-1-5-23-11/h3-4,6,11H,1-2,5,7H2,(H,17,20)(H2,16,21,22)/t11-/m0/s1. The van der Waals surface area contributed by atoms with Gasteiger partial charge in [0.2, 0.25) is 10.0 Å². The first kappa shape index (κ1) is 17.5. The number of hydrogen-bond donors (Lipinski definition) is 2. The van der Waals surface area contributed by atoms with Crippen LogP contribution in [0.25, 0.3) is 0 Å². The van der Waals surface area contributed by atoms with E-state index in [9.17, 15) is 17.6 Å². The predicted octanol–water partition coefficient (Wildman–Crippen LogP) is 0.638. The van der Waals surface area contributed by atoms with Gasteiger partial charge in [0.25, 0.3) is 11.8 Å². The number of nitrogens with two attached hydrogens (primary N) is 1. The molecule has 0 saturated carbocycles. The summed E-state index contributed by atoms with van der Waals surface area (Å²) < 4.78 is 46.9. The first-order chi connectivity index (χ1) is 11.8. The minimum absolute atomic E-state index is 0.117. The Hall–Kier alpha value is -2.37. The fourth-order valence-corrected chi connectivity index (χ4v) is 2.89. The van der Waals surface area contributed by atoms with Crippen molar-refractivity contribution in [3.05, 3.63) is 41.3 Å². The van der Waals surface area contributed by atoms with Crippen LogP contribution in [0.4, 0.5) is 4.39 Å². The molecule has 134 valence electrons. The number of nitrogens with one attached hydrogen (secondary N) is 1. The molecule has 1 atom stereocenters. The minimum Gasteiger partial charge on any atom is -0.368 e. The summed E-state index contributed by atoms with van der Waals surface area (Å²) in [5.74, 6) is -1.18. The van der Waals surface area contributed by atoms with E-state index in [1.165, 1.54) is 0 Å². The first-order valence-corrected chi connectivity index (χ1v) is 8.94. The molecule has 0 unspecified atom stereocenters. The summed E-state index contributed by atoms with van der Waals surface area (Å²) >= 11 is 0. The van der Waals surface area contributed by atoms with Crippen molar-refractivity contribution in [2.45, 2.75) is 30.4 Å². The van der Waals surface area contributed by atoms with Crippen LogP contribution in [0.5, 0.6) is 0 Å². The van der Waals surface area contributed by atoms with Gasteiger partial charge in [-0.15, -0.1) is 0 Å². The van der Waals surface area contributed by atoms with Gasteiger partial charge in [-0.3, -0.25) is 4.79 Å². The molecule has 9 nitrogen and oxygen atoms in total. The third-order valence-corrected chi connectivity index (χ3v) is 4.52. The summed E-state index contributed by atoms with van der Waals surface area (Å²) in [7, 11) is -4.05. The number of ether oxygens (including phenoxy) is 1. The molecule has 1 aliphatic rings. The van der Waals surface area contributed by atoms with E-state index in [4.69, 9.17) is 14.4 Å². The van der Waals surface area contributed by atoms with Gasteiger partial charge in [-0.05, 0) is 31.0 Å². The molecule has 2 heterocycles. The number of nitrogens with zero attached hydrogens (tertiary/aromatic N) is 2. The van der Waals surface area contributed by atoms with Gasteiger partial charge in [-0.2, -0.15) is 4.98 Å². The lowest BCUT2D eigenvalue weighted by molar-refractivity contribution is 0.0835. The van der Waals surface area contributed by atoms with Crippen LogP contribution >= 0.6 is 0 Å². The summed E-state index contributed by atoms with van der Waals surface area (Å²) in [4.78, 5) is 15.8. The number of carbonyl (C=O) groups is 1. The number of rotatable bonds is 5. The zero-order chi connectivity index (χ0) is 18.0. The summed E-state index contributed by atoms with van der Waals surface area (Å²) in [6.45, 7) is 0.507. The van der Waals surface area contributed by atoms with Gasteiger partial charge >= 0.3 is 0 Å². The van der Waals surface area contributed by atoms with Crippen LogP contribution in [0.2, 0.25) is 0 Å². The molecule has 1 amide bonds. The van der Waals surface area contributed by atoms with Gasteiger partial charge < -0.3 is 14.6 Å². The van der Waals surface area contributed by atoms with Crippen molar-refractivity contribution in [2.75, 3.05) is 6.61 Å². The number of halogens is 1. The molecule has 1 fully saturated rings. The highest BCUT2D eigenvalue weighted by molar-refractivity contribution is 7.89. The molecule has 1 saturated heterocycles. The molecule has 1 aliphatic heterocycles.